The second kappa shape index (κ2) is 7.19. The number of nitrogens with zero attached hydrogens (tertiary/aromatic N) is 4. The SMILES string of the molecule is CC(C)CCN1c2cccnc2-n2cccc2[C@@]12CCN(C(=O)C1CCCC1)C2. The number of hydrogen-bond donors (Lipinski definition) is 0. The zero-order valence-corrected chi connectivity index (χ0v) is 17.7. The molecule has 1 spiro atoms. The lowest BCUT2D eigenvalue weighted by molar-refractivity contribution is -0.134. The first-order valence-corrected chi connectivity index (χ1v) is 11.3. The van der Waals surface area contributed by atoms with Crippen molar-refractivity contribution in [1.29, 1.82) is 0 Å². The fraction of sp³-hybridized carbons (Fsp3) is 0.583. The Morgan fingerprint density at radius 3 is 2.86 bits per heavy atom. The van der Waals surface area contributed by atoms with Gasteiger partial charge in [-0.25, -0.2) is 4.98 Å². The molecule has 5 rings (SSSR count). The molecule has 3 aliphatic rings. The first-order chi connectivity index (χ1) is 14.1. The van der Waals surface area contributed by atoms with Crippen LogP contribution in [-0.2, 0) is 10.3 Å². The number of carbonyl (C=O) groups is 1. The van der Waals surface area contributed by atoms with Crippen molar-refractivity contribution in [1.82, 2.24) is 14.5 Å². The molecule has 29 heavy (non-hydrogen) atoms. The zero-order valence-electron chi connectivity index (χ0n) is 17.7. The first kappa shape index (κ1) is 18.7. The summed E-state index contributed by atoms with van der Waals surface area (Å²) in [7, 11) is 0. The number of carbonyl (C=O) groups excluding carboxylic acids is 1. The van der Waals surface area contributed by atoms with Gasteiger partial charge in [0.1, 0.15) is 5.54 Å². The molecule has 4 heterocycles. The fourth-order valence-corrected chi connectivity index (χ4v) is 5.66. The summed E-state index contributed by atoms with van der Waals surface area (Å²) >= 11 is 0. The van der Waals surface area contributed by atoms with Crippen molar-refractivity contribution >= 4 is 11.6 Å². The Morgan fingerprint density at radius 2 is 2.07 bits per heavy atom. The van der Waals surface area contributed by atoms with E-state index < -0.39 is 0 Å². The molecular formula is C24H32N4O. The molecule has 0 radical (unpaired) electrons. The normalized spacial score (nSPS) is 23.8. The lowest BCUT2D eigenvalue weighted by atomic mass is 9.88. The van der Waals surface area contributed by atoms with Crippen molar-refractivity contribution in [3.05, 3.63) is 42.4 Å². The minimum absolute atomic E-state index is 0.150. The molecule has 0 unspecified atom stereocenters. The topological polar surface area (TPSA) is 41.4 Å². The predicted molar refractivity (Wildman–Crippen MR) is 115 cm³/mol. The third kappa shape index (κ3) is 2.97. The minimum Gasteiger partial charge on any atom is -0.355 e. The maximum atomic E-state index is 13.2. The van der Waals surface area contributed by atoms with E-state index in [1.54, 1.807) is 0 Å². The average Bonchev–Trinajstić information content (AvgIpc) is 3.47. The second-order valence-electron chi connectivity index (χ2n) is 9.47. The summed E-state index contributed by atoms with van der Waals surface area (Å²) in [6.45, 7) is 7.21. The van der Waals surface area contributed by atoms with Gasteiger partial charge >= 0.3 is 0 Å². The molecule has 2 aliphatic heterocycles. The summed E-state index contributed by atoms with van der Waals surface area (Å²) in [5, 5.41) is 0. The highest BCUT2D eigenvalue weighted by Crippen LogP contribution is 2.47. The molecule has 0 aromatic carbocycles. The highest BCUT2D eigenvalue weighted by Gasteiger charge is 2.51. The Morgan fingerprint density at radius 1 is 1.24 bits per heavy atom. The number of pyridine rings is 1. The Hall–Kier alpha value is -2.30. The van der Waals surface area contributed by atoms with Crippen molar-refractivity contribution in [3.63, 3.8) is 0 Å². The van der Waals surface area contributed by atoms with Gasteiger partial charge in [0, 0.05) is 37.9 Å². The molecule has 2 fully saturated rings. The summed E-state index contributed by atoms with van der Waals surface area (Å²) in [6.07, 6.45) is 10.7. The van der Waals surface area contributed by atoms with Crippen LogP contribution < -0.4 is 4.90 Å². The van der Waals surface area contributed by atoms with Crippen molar-refractivity contribution in [2.45, 2.75) is 57.9 Å². The van der Waals surface area contributed by atoms with Crippen LogP contribution in [0.2, 0.25) is 0 Å². The second-order valence-corrected chi connectivity index (χ2v) is 9.47. The highest BCUT2D eigenvalue weighted by molar-refractivity contribution is 5.80. The smallest absolute Gasteiger partial charge is 0.225 e. The van der Waals surface area contributed by atoms with Gasteiger partial charge in [-0.1, -0.05) is 26.7 Å². The number of rotatable bonds is 4. The Bertz CT molecular complexity index is 898. The molecular weight excluding hydrogens is 360 g/mol. The molecule has 1 saturated heterocycles. The number of fused-ring (bicyclic) bond motifs is 4. The van der Waals surface area contributed by atoms with Crippen LogP contribution in [0.4, 0.5) is 5.69 Å². The maximum absolute atomic E-state index is 13.2. The predicted octanol–water partition coefficient (Wildman–Crippen LogP) is 4.36. The molecule has 5 nitrogen and oxygen atoms in total. The summed E-state index contributed by atoms with van der Waals surface area (Å²) < 4.78 is 2.25. The van der Waals surface area contributed by atoms with Crippen LogP contribution >= 0.6 is 0 Å². The average molecular weight is 393 g/mol. The van der Waals surface area contributed by atoms with Crippen molar-refractivity contribution < 1.29 is 4.79 Å². The van der Waals surface area contributed by atoms with Crippen LogP contribution in [0.15, 0.2) is 36.7 Å². The third-order valence-electron chi connectivity index (χ3n) is 7.22. The standard InChI is InChI=1S/C24H32N4O/c1-18(2)11-15-28-20-9-5-13-25-22(20)27-14-6-10-21(27)24(28)12-16-26(17-24)23(29)19-7-3-4-8-19/h5-6,9-10,13-14,18-19H,3-4,7-8,11-12,15-17H2,1-2H3/t24-/m0/s1. The molecule has 0 bridgehead atoms. The summed E-state index contributed by atoms with van der Waals surface area (Å²) in [4.78, 5) is 22.7. The van der Waals surface area contributed by atoms with Crippen LogP contribution in [0.1, 0.15) is 58.1 Å². The lowest BCUT2D eigenvalue weighted by Gasteiger charge is -2.47. The molecule has 154 valence electrons. The van der Waals surface area contributed by atoms with Crippen molar-refractivity contribution in [3.8, 4) is 5.82 Å². The zero-order chi connectivity index (χ0) is 20.0. The van der Waals surface area contributed by atoms with Crippen LogP contribution in [0.5, 0.6) is 0 Å². The quantitative estimate of drug-likeness (QED) is 0.776. The van der Waals surface area contributed by atoms with Gasteiger partial charge in [-0.2, -0.15) is 0 Å². The van der Waals surface area contributed by atoms with Crippen LogP contribution in [-0.4, -0.2) is 40.0 Å². The van der Waals surface area contributed by atoms with E-state index in [0.717, 1.165) is 51.1 Å². The highest BCUT2D eigenvalue weighted by atomic mass is 16.2. The maximum Gasteiger partial charge on any atom is 0.225 e. The number of likely N-dealkylation sites (tertiary alicyclic amines) is 1. The van der Waals surface area contributed by atoms with Gasteiger partial charge < -0.3 is 14.4 Å². The van der Waals surface area contributed by atoms with Crippen molar-refractivity contribution in [2.24, 2.45) is 11.8 Å². The number of anilines is 1. The van der Waals surface area contributed by atoms with Gasteiger partial charge in [0.25, 0.3) is 0 Å². The molecule has 2 aromatic heterocycles. The monoisotopic (exact) mass is 392 g/mol. The molecule has 0 N–H and O–H groups in total. The molecule has 1 saturated carbocycles. The molecule has 5 heteroatoms. The molecule has 2 aromatic rings. The van der Waals surface area contributed by atoms with Gasteiger partial charge in [0.2, 0.25) is 5.91 Å². The van der Waals surface area contributed by atoms with E-state index in [2.05, 4.69) is 52.6 Å². The molecule has 1 amide bonds. The van der Waals surface area contributed by atoms with E-state index in [9.17, 15) is 4.79 Å². The van der Waals surface area contributed by atoms with E-state index in [4.69, 9.17) is 4.98 Å². The largest absolute Gasteiger partial charge is 0.355 e. The summed E-state index contributed by atoms with van der Waals surface area (Å²) in [5.41, 5.74) is 2.34. The Labute approximate surface area is 173 Å². The van der Waals surface area contributed by atoms with Gasteiger partial charge in [-0.15, -0.1) is 0 Å². The Kier molecular flexibility index (Phi) is 4.64. The van der Waals surface area contributed by atoms with E-state index in [0.29, 0.717) is 11.8 Å². The summed E-state index contributed by atoms with van der Waals surface area (Å²) in [6, 6.07) is 8.61. The molecule has 1 aliphatic carbocycles. The van der Waals surface area contributed by atoms with Gasteiger partial charge in [-0.05, 0) is 55.9 Å². The van der Waals surface area contributed by atoms with Crippen LogP contribution in [0, 0.1) is 11.8 Å². The third-order valence-corrected chi connectivity index (χ3v) is 7.22. The van der Waals surface area contributed by atoms with Crippen molar-refractivity contribution in [2.75, 3.05) is 24.5 Å². The number of aromatic nitrogens is 2. The fourth-order valence-electron chi connectivity index (χ4n) is 5.66. The van der Waals surface area contributed by atoms with Gasteiger partial charge in [0.15, 0.2) is 5.82 Å². The summed E-state index contributed by atoms with van der Waals surface area (Å²) in [5.74, 6) is 2.29. The minimum atomic E-state index is -0.150. The number of amides is 1. The number of hydrogen-bond acceptors (Lipinski definition) is 3. The molecule has 1 atom stereocenters. The van der Waals surface area contributed by atoms with E-state index in [-0.39, 0.29) is 11.5 Å². The first-order valence-electron chi connectivity index (χ1n) is 11.3. The van der Waals surface area contributed by atoms with Gasteiger partial charge in [0.05, 0.1) is 11.4 Å². The van der Waals surface area contributed by atoms with Crippen LogP contribution in [0.3, 0.4) is 0 Å². The van der Waals surface area contributed by atoms with E-state index in [1.165, 1.54) is 24.2 Å². The Balaban J connectivity index is 1.54. The van der Waals surface area contributed by atoms with Crippen LogP contribution in [0.25, 0.3) is 5.82 Å². The lowest BCUT2D eigenvalue weighted by Crippen LogP contribution is -2.53. The van der Waals surface area contributed by atoms with E-state index in [1.807, 2.05) is 12.3 Å². The van der Waals surface area contributed by atoms with Gasteiger partial charge in [-0.3, -0.25) is 4.79 Å². The van der Waals surface area contributed by atoms with E-state index >= 15 is 0 Å².